The normalized spacial score (nSPS) is 17.5. The number of hydrogen-bond donors (Lipinski definition) is 0. The Hall–Kier alpha value is -2.39. The second-order valence-corrected chi connectivity index (χ2v) is 7.87. The minimum atomic E-state index is -0.293. The van der Waals surface area contributed by atoms with E-state index >= 15 is 0 Å². The minimum Gasteiger partial charge on any atom is -0.465 e. The number of carbonyl (C=O) groups excluding carboxylic acids is 1. The molecule has 1 aliphatic rings. The molecule has 0 amide bonds. The summed E-state index contributed by atoms with van der Waals surface area (Å²) in [5.41, 5.74) is 5.00. The van der Waals surface area contributed by atoms with Gasteiger partial charge in [0.2, 0.25) is 0 Å². The molecular formula is C25H31NO2. The van der Waals surface area contributed by atoms with Gasteiger partial charge in [-0.05, 0) is 80.5 Å². The number of benzene rings is 2. The lowest BCUT2D eigenvalue weighted by Crippen LogP contribution is -2.35. The summed E-state index contributed by atoms with van der Waals surface area (Å²) < 4.78 is 5.02. The molecule has 2 aromatic rings. The van der Waals surface area contributed by atoms with Crippen LogP contribution < -0.4 is 0 Å². The predicted octanol–water partition coefficient (Wildman–Crippen LogP) is 5.63. The SMILES string of the molecule is COC(=O)c1ccc(CN(C)C(C)C2C=CCCC2)cc1-c1ccccc1C. The molecule has 2 unspecified atom stereocenters. The molecule has 1 aliphatic carbocycles. The van der Waals surface area contributed by atoms with E-state index in [1.54, 1.807) is 0 Å². The van der Waals surface area contributed by atoms with Crippen LogP contribution in [0.3, 0.4) is 0 Å². The van der Waals surface area contributed by atoms with Gasteiger partial charge < -0.3 is 4.74 Å². The molecule has 0 N–H and O–H groups in total. The molecule has 0 aliphatic heterocycles. The van der Waals surface area contributed by atoms with Gasteiger partial charge in [0.15, 0.2) is 0 Å². The van der Waals surface area contributed by atoms with Gasteiger partial charge in [0, 0.05) is 12.6 Å². The number of carbonyl (C=O) groups is 1. The van der Waals surface area contributed by atoms with Crippen molar-refractivity contribution in [2.75, 3.05) is 14.2 Å². The van der Waals surface area contributed by atoms with E-state index in [4.69, 9.17) is 4.74 Å². The highest BCUT2D eigenvalue weighted by atomic mass is 16.5. The fourth-order valence-corrected chi connectivity index (χ4v) is 4.08. The predicted molar refractivity (Wildman–Crippen MR) is 115 cm³/mol. The fraction of sp³-hybridized carbons (Fsp3) is 0.400. The van der Waals surface area contributed by atoms with Crippen molar-refractivity contribution in [2.45, 2.75) is 45.7 Å². The molecule has 2 aromatic carbocycles. The van der Waals surface area contributed by atoms with E-state index in [1.165, 1.54) is 31.9 Å². The first-order valence-corrected chi connectivity index (χ1v) is 10.2. The molecule has 3 heteroatoms. The van der Waals surface area contributed by atoms with Crippen LogP contribution in [0.25, 0.3) is 11.1 Å². The van der Waals surface area contributed by atoms with Crippen LogP contribution >= 0.6 is 0 Å². The summed E-state index contributed by atoms with van der Waals surface area (Å²) >= 11 is 0. The van der Waals surface area contributed by atoms with Crippen LogP contribution in [0.15, 0.2) is 54.6 Å². The van der Waals surface area contributed by atoms with Crippen LogP contribution in [0, 0.1) is 12.8 Å². The third kappa shape index (κ3) is 4.53. The molecule has 3 nitrogen and oxygen atoms in total. The number of aryl methyl sites for hydroxylation is 1. The van der Waals surface area contributed by atoms with E-state index in [1.807, 2.05) is 24.3 Å². The van der Waals surface area contributed by atoms with Crippen molar-refractivity contribution in [2.24, 2.45) is 5.92 Å². The summed E-state index contributed by atoms with van der Waals surface area (Å²) in [5, 5.41) is 0. The van der Waals surface area contributed by atoms with Crippen LogP contribution in [-0.2, 0) is 11.3 Å². The van der Waals surface area contributed by atoms with Crippen molar-refractivity contribution >= 4 is 5.97 Å². The van der Waals surface area contributed by atoms with Crippen LogP contribution in [0.1, 0.15) is 47.7 Å². The lowest BCUT2D eigenvalue weighted by atomic mass is 9.89. The number of nitrogens with zero attached hydrogens (tertiary/aromatic N) is 1. The van der Waals surface area contributed by atoms with Gasteiger partial charge in [-0.2, -0.15) is 0 Å². The number of methoxy groups -OCH3 is 1. The molecule has 0 saturated carbocycles. The molecule has 28 heavy (non-hydrogen) atoms. The van der Waals surface area contributed by atoms with Gasteiger partial charge in [-0.3, -0.25) is 4.90 Å². The zero-order valence-electron chi connectivity index (χ0n) is 17.4. The fourth-order valence-electron chi connectivity index (χ4n) is 4.08. The molecule has 0 saturated heterocycles. The van der Waals surface area contributed by atoms with Crippen molar-refractivity contribution in [3.8, 4) is 11.1 Å². The molecule has 0 aromatic heterocycles. The first kappa shape index (κ1) is 20.3. The summed E-state index contributed by atoms with van der Waals surface area (Å²) in [7, 11) is 3.62. The van der Waals surface area contributed by atoms with Gasteiger partial charge in [0.1, 0.15) is 0 Å². The minimum absolute atomic E-state index is 0.293. The Morgan fingerprint density at radius 1 is 1.21 bits per heavy atom. The Morgan fingerprint density at radius 3 is 2.68 bits per heavy atom. The molecule has 3 rings (SSSR count). The van der Waals surface area contributed by atoms with Crippen molar-refractivity contribution in [3.05, 3.63) is 71.3 Å². The average molecular weight is 378 g/mol. The zero-order chi connectivity index (χ0) is 20.1. The van der Waals surface area contributed by atoms with E-state index in [2.05, 4.69) is 56.1 Å². The first-order chi connectivity index (χ1) is 13.5. The van der Waals surface area contributed by atoms with Crippen molar-refractivity contribution in [3.63, 3.8) is 0 Å². The van der Waals surface area contributed by atoms with E-state index in [0.717, 1.165) is 23.2 Å². The Bertz CT molecular complexity index is 855. The molecule has 148 valence electrons. The first-order valence-electron chi connectivity index (χ1n) is 10.2. The second kappa shape index (κ2) is 9.20. The van der Waals surface area contributed by atoms with Gasteiger partial charge in [0.05, 0.1) is 12.7 Å². The topological polar surface area (TPSA) is 29.5 Å². The number of esters is 1. The number of allylic oxidation sites excluding steroid dienone is 1. The molecular weight excluding hydrogens is 346 g/mol. The lowest BCUT2D eigenvalue weighted by Gasteiger charge is -2.32. The van der Waals surface area contributed by atoms with E-state index in [0.29, 0.717) is 17.5 Å². The van der Waals surface area contributed by atoms with E-state index in [-0.39, 0.29) is 5.97 Å². The number of ether oxygens (including phenoxy) is 1. The summed E-state index contributed by atoms with van der Waals surface area (Å²) in [6.07, 6.45) is 8.45. The smallest absolute Gasteiger partial charge is 0.338 e. The molecule has 0 spiro atoms. The summed E-state index contributed by atoms with van der Waals surface area (Å²) in [5.74, 6) is 0.322. The standard InChI is InChI=1S/C25H31NO2/c1-18-10-8-9-13-22(18)24-16-20(14-15-23(24)25(27)28-4)17-26(3)19(2)21-11-6-5-7-12-21/h6,8-11,13-16,19,21H,5,7,12,17H2,1-4H3. The van der Waals surface area contributed by atoms with Gasteiger partial charge >= 0.3 is 5.97 Å². The number of hydrogen-bond acceptors (Lipinski definition) is 3. The van der Waals surface area contributed by atoms with Gasteiger partial charge in [-0.15, -0.1) is 0 Å². The van der Waals surface area contributed by atoms with Crippen LogP contribution in [0.2, 0.25) is 0 Å². The van der Waals surface area contributed by atoms with E-state index < -0.39 is 0 Å². The second-order valence-electron chi connectivity index (χ2n) is 7.87. The van der Waals surface area contributed by atoms with Crippen LogP contribution in [0.5, 0.6) is 0 Å². The third-order valence-corrected chi connectivity index (χ3v) is 5.96. The zero-order valence-corrected chi connectivity index (χ0v) is 17.4. The summed E-state index contributed by atoms with van der Waals surface area (Å²) in [6, 6.07) is 14.8. The molecule has 0 heterocycles. The maximum absolute atomic E-state index is 12.3. The highest BCUT2D eigenvalue weighted by Gasteiger charge is 2.21. The van der Waals surface area contributed by atoms with Crippen molar-refractivity contribution < 1.29 is 9.53 Å². The maximum atomic E-state index is 12.3. The molecule has 0 bridgehead atoms. The van der Waals surface area contributed by atoms with Crippen molar-refractivity contribution in [1.82, 2.24) is 4.90 Å². The highest BCUT2D eigenvalue weighted by Crippen LogP contribution is 2.30. The highest BCUT2D eigenvalue weighted by molar-refractivity contribution is 5.97. The average Bonchev–Trinajstić information content (AvgIpc) is 2.73. The quantitative estimate of drug-likeness (QED) is 0.483. The number of rotatable bonds is 6. The summed E-state index contributed by atoms with van der Waals surface area (Å²) in [4.78, 5) is 14.7. The Kier molecular flexibility index (Phi) is 6.69. The lowest BCUT2D eigenvalue weighted by molar-refractivity contribution is 0.0601. The summed E-state index contributed by atoms with van der Waals surface area (Å²) in [6.45, 7) is 5.24. The monoisotopic (exact) mass is 377 g/mol. The van der Waals surface area contributed by atoms with Gasteiger partial charge in [-0.25, -0.2) is 4.79 Å². The van der Waals surface area contributed by atoms with Crippen LogP contribution in [0.4, 0.5) is 0 Å². The largest absolute Gasteiger partial charge is 0.465 e. The Labute approximate surface area is 169 Å². The third-order valence-electron chi connectivity index (χ3n) is 5.96. The van der Waals surface area contributed by atoms with Crippen LogP contribution in [-0.4, -0.2) is 31.1 Å². The Balaban J connectivity index is 1.89. The Morgan fingerprint density at radius 2 is 2.00 bits per heavy atom. The van der Waals surface area contributed by atoms with E-state index in [9.17, 15) is 4.79 Å². The van der Waals surface area contributed by atoms with Gasteiger partial charge in [0.25, 0.3) is 0 Å². The molecule has 0 fully saturated rings. The molecule has 2 atom stereocenters. The molecule has 0 radical (unpaired) electrons. The van der Waals surface area contributed by atoms with Crippen molar-refractivity contribution in [1.29, 1.82) is 0 Å². The van der Waals surface area contributed by atoms with Gasteiger partial charge in [-0.1, -0.05) is 42.5 Å². The maximum Gasteiger partial charge on any atom is 0.338 e.